The van der Waals surface area contributed by atoms with Gasteiger partial charge in [-0.1, -0.05) is 25.4 Å². The lowest BCUT2D eigenvalue weighted by molar-refractivity contribution is -0.122. The van der Waals surface area contributed by atoms with Crippen LogP contribution in [0.1, 0.15) is 57.9 Å². The van der Waals surface area contributed by atoms with Crippen LogP contribution < -0.4 is 10.6 Å². The molecule has 2 unspecified atom stereocenters. The number of nitrogens with one attached hydrogen (secondary N) is 2. The lowest BCUT2D eigenvalue weighted by atomic mass is 9.81. The van der Waals surface area contributed by atoms with Crippen LogP contribution in [0.25, 0.3) is 0 Å². The smallest absolute Gasteiger partial charge is 0.322 e. The highest BCUT2D eigenvalue weighted by atomic mass is 16.4. The van der Waals surface area contributed by atoms with Gasteiger partial charge in [-0.3, -0.25) is 10.1 Å². The van der Waals surface area contributed by atoms with Crippen molar-refractivity contribution in [2.75, 3.05) is 11.9 Å². The molecule has 6 heteroatoms. The molecule has 1 saturated heterocycles. The molecule has 2 fully saturated rings. The van der Waals surface area contributed by atoms with Gasteiger partial charge in [0.15, 0.2) is 0 Å². The number of carbonyl (C=O) groups excluding carboxylic acids is 1. The van der Waals surface area contributed by atoms with Crippen molar-refractivity contribution in [2.24, 2.45) is 11.3 Å². The van der Waals surface area contributed by atoms with Crippen molar-refractivity contribution in [3.63, 3.8) is 0 Å². The van der Waals surface area contributed by atoms with Gasteiger partial charge in [0, 0.05) is 5.92 Å². The van der Waals surface area contributed by atoms with Gasteiger partial charge in [0.25, 0.3) is 0 Å². The minimum absolute atomic E-state index is 0.00193. The first-order valence-corrected chi connectivity index (χ1v) is 7.44. The lowest BCUT2D eigenvalue weighted by Gasteiger charge is -2.25. The molecule has 1 aliphatic heterocycles. The molecule has 2 atom stereocenters. The van der Waals surface area contributed by atoms with Gasteiger partial charge >= 0.3 is 6.01 Å². The predicted molar refractivity (Wildman–Crippen MR) is 74.0 cm³/mol. The molecule has 0 aromatic carbocycles. The van der Waals surface area contributed by atoms with Crippen molar-refractivity contribution in [1.82, 2.24) is 15.5 Å². The quantitative estimate of drug-likeness (QED) is 0.886. The van der Waals surface area contributed by atoms with E-state index in [0.29, 0.717) is 5.89 Å². The fraction of sp³-hybridized carbons (Fsp3) is 0.786. The molecule has 0 bridgehead atoms. The van der Waals surface area contributed by atoms with Gasteiger partial charge in [-0.05, 0) is 37.6 Å². The largest absolute Gasteiger partial charge is 0.406 e. The standard InChI is InChI=1S/C14H22N4O2/c1-14(2)7-3-5-9(14)11(19)16-13-18-17-12(20-13)10-6-4-8-15-10/h9-10,15H,3-8H2,1-2H3,(H,16,18,19). The van der Waals surface area contributed by atoms with Crippen LogP contribution in [0.15, 0.2) is 4.42 Å². The van der Waals surface area contributed by atoms with E-state index in [1.54, 1.807) is 0 Å². The average Bonchev–Trinajstić information content (AvgIpc) is 3.07. The fourth-order valence-corrected chi connectivity index (χ4v) is 3.33. The van der Waals surface area contributed by atoms with Crippen molar-refractivity contribution in [1.29, 1.82) is 0 Å². The van der Waals surface area contributed by atoms with Crippen LogP contribution in [0.5, 0.6) is 0 Å². The van der Waals surface area contributed by atoms with Crippen LogP contribution >= 0.6 is 0 Å². The van der Waals surface area contributed by atoms with Gasteiger partial charge in [0.05, 0.1) is 6.04 Å². The first-order chi connectivity index (χ1) is 9.56. The molecule has 2 heterocycles. The minimum atomic E-state index is 0.00193. The van der Waals surface area contributed by atoms with E-state index in [2.05, 4.69) is 34.7 Å². The van der Waals surface area contributed by atoms with Gasteiger partial charge in [-0.15, -0.1) is 5.10 Å². The fourth-order valence-electron chi connectivity index (χ4n) is 3.33. The Morgan fingerprint density at radius 2 is 2.20 bits per heavy atom. The zero-order valence-electron chi connectivity index (χ0n) is 12.1. The van der Waals surface area contributed by atoms with Crippen LogP contribution in [-0.2, 0) is 4.79 Å². The number of rotatable bonds is 3. The second-order valence-electron chi connectivity index (χ2n) is 6.52. The van der Waals surface area contributed by atoms with Crippen molar-refractivity contribution in [3.05, 3.63) is 5.89 Å². The molecule has 0 radical (unpaired) electrons. The zero-order valence-corrected chi connectivity index (χ0v) is 12.1. The second-order valence-corrected chi connectivity index (χ2v) is 6.52. The molecular weight excluding hydrogens is 256 g/mol. The molecule has 20 heavy (non-hydrogen) atoms. The molecule has 3 rings (SSSR count). The number of carbonyl (C=O) groups is 1. The Balaban J connectivity index is 1.64. The number of hydrogen-bond donors (Lipinski definition) is 2. The Kier molecular flexibility index (Phi) is 3.50. The van der Waals surface area contributed by atoms with Crippen molar-refractivity contribution < 1.29 is 9.21 Å². The van der Waals surface area contributed by atoms with Gasteiger partial charge in [0.1, 0.15) is 0 Å². The lowest BCUT2D eigenvalue weighted by Crippen LogP contribution is -2.30. The van der Waals surface area contributed by atoms with Crippen LogP contribution in [0, 0.1) is 11.3 Å². The van der Waals surface area contributed by atoms with Crippen molar-refractivity contribution in [3.8, 4) is 0 Å². The van der Waals surface area contributed by atoms with E-state index >= 15 is 0 Å². The summed E-state index contributed by atoms with van der Waals surface area (Å²) in [4.78, 5) is 12.3. The third-order valence-electron chi connectivity index (χ3n) is 4.60. The molecule has 110 valence electrons. The molecule has 1 aromatic heterocycles. The third-order valence-corrected chi connectivity index (χ3v) is 4.60. The summed E-state index contributed by atoms with van der Waals surface area (Å²) < 4.78 is 5.55. The van der Waals surface area contributed by atoms with Crippen molar-refractivity contribution >= 4 is 11.9 Å². The Hall–Kier alpha value is -1.43. The highest BCUT2D eigenvalue weighted by Crippen LogP contribution is 2.43. The zero-order chi connectivity index (χ0) is 14.2. The highest BCUT2D eigenvalue weighted by Gasteiger charge is 2.39. The summed E-state index contributed by atoms with van der Waals surface area (Å²) in [5.74, 6) is 0.605. The summed E-state index contributed by atoms with van der Waals surface area (Å²) in [5.41, 5.74) is 0.0555. The Morgan fingerprint density at radius 1 is 1.35 bits per heavy atom. The van der Waals surface area contributed by atoms with Gasteiger partial charge in [-0.25, -0.2) is 0 Å². The average molecular weight is 278 g/mol. The molecule has 0 spiro atoms. The van der Waals surface area contributed by atoms with E-state index in [-0.39, 0.29) is 29.3 Å². The number of hydrogen-bond acceptors (Lipinski definition) is 5. The van der Waals surface area contributed by atoms with Gasteiger partial charge < -0.3 is 9.73 Å². The number of aromatic nitrogens is 2. The molecule has 2 aliphatic rings. The molecule has 1 aromatic rings. The topological polar surface area (TPSA) is 80.0 Å². The van der Waals surface area contributed by atoms with E-state index < -0.39 is 0 Å². The molecular formula is C14H22N4O2. The summed E-state index contributed by atoms with van der Waals surface area (Å²) in [6, 6.07) is 0.359. The van der Waals surface area contributed by atoms with Crippen LogP contribution in [0.4, 0.5) is 6.01 Å². The van der Waals surface area contributed by atoms with Crippen molar-refractivity contribution in [2.45, 2.75) is 52.0 Å². The predicted octanol–water partition coefficient (Wildman–Crippen LogP) is 2.26. The Morgan fingerprint density at radius 3 is 2.85 bits per heavy atom. The van der Waals surface area contributed by atoms with Crippen LogP contribution in [0.3, 0.4) is 0 Å². The van der Waals surface area contributed by atoms with E-state index in [1.165, 1.54) is 0 Å². The maximum Gasteiger partial charge on any atom is 0.322 e. The maximum atomic E-state index is 12.3. The van der Waals surface area contributed by atoms with Gasteiger partial charge in [0.2, 0.25) is 11.8 Å². The Labute approximate surface area is 118 Å². The van der Waals surface area contributed by atoms with Crippen LogP contribution in [-0.4, -0.2) is 22.6 Å². The second kappa shape index (κ2) is 5.16. The van der Waals surface area contributed by atoms with E-state index in [1.807, 2.05) is 0 Å². The van der Waals surface area contributed by atoms with Gasteiger partial charge in [-0.2, -0.15) is 0 Å². The van der Waals surface area contributed by atoms with E-state index in [0.717, 1.165) is 38.6 Å². The van der Waals surface area contributed by atoms with Crippen LogP contribution in [0.2, 0.25) is 0 Å². The summed E-state index contributed by atoms with van der Waals surface area (Å²) in [7, 11) is 0. The summed E-state index contributed by atoms with van der Waals surface area (Å²) in [6.07, 6.45) is 5.25. The molecule has 1 saturated carbocycles. The van der Waals surface area contributed by atoms with E-state index in [9.17, 15) is 4.79 Å². The maximum absolute atomic E-state index is 12.3. The molecule has 1 amide bonds. The number of anilines is 1. The Bertz CT molecular complexity index is 491. The number of nitrogens with zero attached hydrogens (tertiary/aromatic N) is 2. The minimum Gasteiger partial charge on any atom is -0.406 e. The summed E-state index contributed by atoms with van der Waals surface area (Å²) in [5, 5.41) is 14.0. The molecule has 1 aliphatic carbocycles. The summed E-state index contributed by atoms with van der Waals surface area (Å²) in [6.45, 7) is 5.27. The number of amides is 1. The SMILES string of the molecule is CC1(C)CCCC1C(=O)Nc1nnc(C2CCCN2)o1. The third kappa shape index (κ3) is 2.57. The normalized spacial score (nSPS) is 28.7. The van der Waals surface area contributed by atoms with E-state index in [4.69, 9.17) is 4.42 Å². The monoisotopic (exact) mass is 278 g/mol. The highest BCUT2D eigenvalue weighted by molar-refractivity contribution is 5.91. The molecule has 2 N–H and O–H groups in total. The first kappa shape index (κ1) is 13.5. The molecule has 6 nitrogen and oxygen atoms in total. The summed E-state index contributed by atoms with van der Waals surface area (Å²) >= 11 is 0. The first-order valence-electron chi connectivity index (χ1n) is 7.44.